The molecule has 0 aromatic carbocycles. The summed E-state index contributed by atoms with van der Waals surface area (Å²) in [5, 5.41) is 8.47. The van der Waals surface area contributed by atoms with E-state index < -0.39 is 30.0 Å². The third-order valence-corrected chi connectivity index (χ3v) is 3.60. The molecule has 1 amide bonds. The highest BCUT2D eigenvalue weighted by molar-refractivity contribution is 5.69. The molecule has 0 saturated carbocycles. The van der Waals surface area contributed by atoms with Gasteiger partial charge in [-0.15, -0.1) is 0 Å². The number of piperidine rings is 1. The van der Waals surface area contributed by atoms with Gasteiger partial charge in [-0.25, -0.2) is 4.79 Å². The first kappa shape index (κ1) is 17.4. The third kappa shape index (κ3) is 4.08. The van der Waals surface area contributed by atoms with Crippen LogP contribution in [0.25, 0.3) is 0 Å². The van der Waals surface area contributed by atoms with Crippen LogP contribution in [0.5, 0.6) is 0 Å². The van der Waals surface area contributed by atoms with E-state index in [1.54, 1.807) is 26.8 Å². The molecule has 2 N–H and O–H groups in total. The van der Waals surface area contributed by atoms with Crippen molar-refractivity contribution in [3.05, 3.63) is 12.3 Å². The summed E-state index contributed by atoms with van der Waals surface area (Å²) in [6, 6.07) is 1.60. The molecule has 0 spiro atoms. The van der Waals surface area contributed by atoms with Gasteiger partial charge in [-0.3, -0.25) is 5.10 Å². The minimum atomic E-state index is -4.59. The van der Waals surface area contributed by atoms with Crippen molar-refractivity contribution >= 4 is 11.9 Å². The van der Waals surface area contributed by atoms with Crippen molar-refractivity contribution in [2.75, 3.05) is 18.0 Å². The predicted octanol–water partition coefficient (Wildman–Crippen LogP) is 2.84. The molecule has 1 saturated heterocycles. The molecule has 23 heavy (non-hydrogen) atoms. The van der Waals surface area contributed by atoms with Gasteiger partial charge in [-0.2, -0.15) is 18.3 Å². The third-order valence-electron chi connectivity index (χ3n) is 3.60. The number of halogens is 3. The van der Waals surface area contributed by atoms with Crippen LogP contribution in [0.4, 0.5) is 23.8 Å². The summed E-state index contributed by atoms with van der Waals surface area (Å²) in [6.45, 7) is 4.87. The van der Waals surface area contributed by atoms with E-state index in [0.29, 0.717) is 12.4 Å². The Morgan fingerprint density at radius 1 is 1.43 bits per heavy atom. The van der Waals surface area contributed by atoms with E-state index >= 15 is 0 Å². The number of aromatic nitrogens is 2. The first-order valence-corrected chi connectivity index (χ1v) is 7.35. The Morgan fingerprint density at radius 3 is 2.65 bits per heavy atom. The number of nitrogens with one attached hydrogen (secondary N) is 2. The number of anilines is 1. The molecule has 1 aliphatic heterocycles. The van der Waals surface area contributed by atoms with Gasteiger partial charge in [0, 0.05) is 12.6 Å². The molecule has 0 aliphatic carbocycles. The lowest BCUT2D eigenvalue weighted by atomic mass is 9.88. The summed E-state index contributed by atoms with van der Waals surface area (Å²) in [5.74, 6) is 0.490. The van der Waals surface area contributed by atoms with E-state index in [9.17, 15) is 18.0 Å². The van der Waals surface area contributed by atoms with E-state index in [1.807, 2.05) is 0 Å². The van der Waals surface area contributed by atoms with Crippen LogP contribution in [0, 0.1) is 0 Å². The summed E-state index contributed by atoms with van der Waals surface area (Å²) in [7, 11) is 0. The lowest BCUT2D eigenvalue weighted by Gasteiger charge is -2.44. The average Bonchev–Trinajstić information content (AvgIpc) is 2.88. The van der Waals surface area contributed by atoms with E-state index in [0.717, 1.165) is 0 Å². The van der Waals surface area contributed by atoms with E-state index in [1.165, 1.54) is 11.1 Å². The van der Waals surface area contributed by atoms with Crippen LogP contribution in [-0.4, -0.2) is 46.7 Å². The standard InChI is InChI=1S/C14H21F3N4O2/c1-12(2,3)23-11(22)19-13(14(15,16)17)6-4-8-21(9-13)10-5-7-18-20-10/h5,7H,4,6,8-9H2,1-3H3,(H,18,20)(H,19,22)/t13-/m0/s1. The monoisotopic (exact) mass is 334 g/mol. The summed E-state index contributed by atoms with van der Waals surface area (Å²) in [4.78, 5) is 13.4. The van der Waals surface area contributed by atoms with Gasteiger partial charge < -0.3 is 15.0 Å². The van der Waals surface area contributed by atoms with Gasteiger partial charge in [0.05, 0.1) is 12.7 Å². The zero-order valence-corrected chi connectivity index (χ0v) is 13.3. The smallest absolute Gasteiger partial charge is 0.413 e. The number of carbonyl (C=O) groups excluding carboxylic acids is 1. The van der Waals surface area contributed by atoms with Crippen molar-refractivity contribution in [1.82, 2.24) is 15.5 Å². The van der Waals surface area contributed by atoms with Gasteiger partial charge in [-0.1, -0.05) is 0 Å². The van der Waals surface area contributed by atoms with Crippen molar-refractivity contribution in [2.24, 2.45) is 0 Å². The fourth-order valence-corrected chi connectivity index (χ4v) is 2.59. The van der Waals surface area contributed by atoms with Gasteiger partial charge in [0.2, 0.25) is 0 Å². The largest absolute Gasteiger partial charge is 0.444 e. The molecule has 0 bridgehead atoms. The number of aromatic amines is 1. The maximum Gasteiger partial charge on any atom is 0.413 e. The average molecular weight is 334 g/mol. The molecule has 130 valence electrons. The Morgan fingerprint density at radius 2 is 2.13 bits per heavy atom. The maximum absolute atomic E-state index is 13.7. The second-order valence-electron chi connectivity index (χ2n) is 6.67. The molecular formula is C14H21F3N4O2. The Hall–Kier alpha value is -1.93. The normalized spacial score (nSPS) is 22.8. The van der Waals surface area contributed by atoms with Crippen LogP contribution in [0.3, 0.4) is 0 Å². The van der Waals surface area contributed by atoms with Crippen LogP contribution < -0.4 is 10.2 Å². The number of carbonyl (C=O) groups is 1. The molecule has 0 unspecified atom stereocenters. The summed E-state index contributed by atoms with van der Waals surface area (Å²) >= 11 is 0. The summed E-state index contributed by atoms with van der Waals surface area (Å²) in [5.41, 5.74) is -3.21. The number of ether oxygens (including phenoxy) is 1. The van der Waals surface area contributed by atoms with Crippen molar-refractivity contribution in [3.63, 3.8) is 0 Å². The Bertz CT molecular complexity index is 539. The van der Waals surface area contributed by atoms with Crippen LogP contribution >= 0.6 is 0 Å². The Kier molecular flexibility index (Phi) is 4.50. The molecule has 1 aromatic heterocycles. The van der Waals surface area contributed by atoms with E-state index in [4.69, 9.17) is 4.74 Å². The van der Waals surface area contributed by atoms with E-state index in [2.05, 4.69) is 15.5 Å². The van der Waals surface area contributed by atoms with Gasteiger partial charge in [0.25, 0.3) is 0 Å². The fourth-order valence-electron chi connectivity index (χ4n) is 2.59. The molecule has 1 fully saturated rings. The van der Waals surface area contributed by atoms with Gasteiger partial charge >= 0.3 is 12.3 Å². The topological polar surface area (TPSA) is 70.2 Å². The fraction of sp³-hybridized carbons (Fsp3) is 0.714. The lowest BCUT2D eigenvalue weighted by molar-refractivity contribution is -0.197. The van der Waals surface area contributed by atoms with Gasteiger partial charge in [-0.05, 0) is 33.6 Å². The number of amides is 1. The minimum Gasteiger partial charge on any atom is -0.444 e. The Balaban J connectivity index is 2.21. The second-order valence-corrected chi connectivity index (χ2v) is 6.67. The number of H-pyrrole nitrogens is 1. The first-order chi connectivity index (χ1) is 10.5. The zero-order chi connectivity index (χ0) is 17.3. The molecule has 9 heteroatoms. The van der Waals surface area contributed by atoms with Crippen molar-refractivity contribution in [2.45, 2.75) is 50.9 Å². The van der Waals surface area contributed by atoms with E-state index in [-0.39, 0.29) is 12.8 Å². The molecule has 1 atom stereocenters. The lowest BCUT2D eigenvalue weighted by Crippen LogP contribution is -2.67. The molecule has 1 aliphatic rings. The zero-order valence-electron chi connectivity index (χ0n) is 13.3. The van der Waals surface area contributed by atoms with Crippen LogP contribution in [0.2, 0.25) is 0 Å². The van der Waals surface area contributed by atoms with Crippen molar-refractivity contribution < 1.29 is 22.7 Å². The first-order valence-electron chi connectivity index (χ1n) is 7.35. The van der Waals surface area contributed by atoms with Crippen LogP contribution in [-0.2, 0) is 4.74 Å². The highest BCUT2D eigenvalue weighted by atomic mass is 19.4. The molecular weight excluding hydrogens is 313 g/mol. The van der Waals surface area contributed by atoms with Crippen LogP contribution in [0.15, 0.2) is 12.3 Å². The number of hydrogen-bond donors (Lipinski definition) is 2. The molecule has 6 nitrogen and oxygen atoms in total. The molecule has 2 rings (SSSR count). The van der Waals surface area contributed by atoms with Gasteiger partial charge in [0.1, 0.15) is 11.4 Å². The predicted molar refractivity (Wildman–Crippen MR) is 78.2 cm³/mol. The number of hydrogen-bond acceptors (Lipinski definition) is 4. The van der Waals surface area contributed by atoms with Crippen LogP contribution in [0.1, 0.15) is 33.6 Å². The molecule has 0 radical (unpaired) electrons. The molecule has 1 aromatic rings. The summed E-state index contributed by atoms with van der Waals surface area (Å²) in [6.07, 6.45) is -4.10. The van der Waals surface area contributed by atoms with Gasteiger partial charge in [0.15, 0.2) is 5.54 Å². The SMILES string of the molecule is CC(C)(C)OC(=O)N[C@@]1(C(F)(F)F)CCCN(c2ccn[nH]2)C1. The number of rotatable bonds is 2. The molecule has 2 heterocycles. The second kappa shape index (κ2) is 5.93. The number of alkyl carbamates (subject to hydrolysis) is 1. The highest BCUT2D eigenvalue weighted by Gasteiger charge is 2.58. The van der Waals surface area contributed by atoms with Crippen molar-refractivity contribution in [1.29, 1.82) is 0 Å². The summed E-state index contributed by atoms with van der Waals surface area (Å²) < 4.78 is 46.0. The van der Waals surface area contributed by atoms with Crippen molar-refractivity contribution in [3.8, 4) is 0 Å². The minimum absolute atomic E-state index is 0.194. The Labute approximate surface area is 132 Å². The highest BCUT2D eigenvalue weighted by Crippen LogP contribution is 2.38. The quantitative estimate of drug-likeness (QED) is 0.872. The number of alkyl halides is 3. The maximum atomic E-state index is 13.7. The number of nitrogens with zero attached hydrogens (tertiary/aromatic N) is 2.